The SMILES string of the molecule is CCCCCCCCn1c(C2CC(=O)N(C3CC3)C2)nc2ccccc21. The third-order valence-electron chi connectivity index (χ3n) is 5.93. The maximum absolute atomic E-state index is 12.4. The summed E-state index contributed by atoms with van der Waals surface area (Å²) in [6, 6.07) is 8.96. The largest absolute Gasteiger partial charge is 0.339 e. The lowest BCUT2D eigenvalue weighted by atomic mass is 10.1. The summed E-state index contributed by atoms with van der Waals surface area (Å²) >= 11 is 0. The minimum atomic E-state index is 0.260. The Kier molecular flexibility index (Phi) is 5.28. The Morgan fingerprint density at radius 1 is 1.08 bits per heavy atom. The minimum absolute atomic E-state index is 0.260. The van der Waals surface area contributed by atoms with Gasteiger partial charge in [-0.2, -0.15) is 0 Å². The third-order valence-corrected chi connectivity index (χ3v) is 5.93. The highest BCUT2D eigenvalue weighted by Gasteiger charge is 2.41. The third kappa shape index (κ3) is 3.65. The van der Waals surface area contributed by atoms with Crippen molar-refractivity contribution in [2.45, 2.75) is 83.2 Å². The van der Waals surface area contributed by atoms with Crippen molar-refractivity contribution >= 4 is 16.9 Å². The molecule has 0 spiro atoms. The standard InChI is InChI=1S/C22H31N3O/c1-2-3-4-5-6-9-14-24-20-11-8-7-10-19(20)23-22(24)17-15-21(26)25(16-17)18-12-13-18/h7-8,10-11,17-18H,2-6,9,12-16H2,1H3. The van der Waals surface area contributed by atoms with Gasteiger partial charge in [-0.1, -0.05) is 51.2 Å². The molecule has 26 heavy (non-hydrogen) atoms. The molecule has 1 aliphatic heterocycles. The van der Waals surface area contributed by atoms with E-state index < -0.39 is 0 Å². The molecule has 0 radical (unpaired) electrons. The van der Waals surface area contributed by atoms with Gasteiger partial charge in [-0.3, -0.25) is 4.79 Å². The average Bonchev–Trinajstić information content (AvgIpc) is 3.32. The van der Waals surface area contributed by atoms with E-state index in [2.05, 4.69) is 40.7 Å². The van der Waals surface area contributed by atoms with Gasteiger partial charge in [-0.15, -0.1) is 0 Å². The predicted molar refractivity (Wildman–Crippen MR) is 105 cm³/mol. The van der Waals surface area contributed by atoms with Crippen LogP contribution in [0.25, 0.3) is 11.0 Å². The first-order chi connectivity index (χ1) is 12.8. The average molecular weight is 354 g/mol. The summed E-state index contributed by atoms with van der Waals surface area (Å²) in [4.78, 5) is 19.5. The maximum atomic E-state index is 12.4. The molecule has 140 valence electrons. The summed E-state index contributed by atoms with van der Waals surface area (Å²) < 4.78 is 2.41. The molecule has 1 aromatic carbocycles. The molecule has 4 heteroatoms. The summed E-state index contributed by atoms with van der Waals surface area (Å²) in [5.41, 5.74) is 2.30. The number of carbonyl (C=O) groups is 1. The van der Waals surface area contributed by atoms with E-state index in [9.17, 15) is 4.79 Å². The van der Waals surface area contributed by atoms with Crippen molar-refractivity contribution in [3.8, 4) is 0 Å². The first-order valence-corrected chi connectivity index (χ1v) is 10.5. The summed E-state index contributed by atoms with van der Waals surface area (Å²) in [5.74, 6) is 1.72. The Morgan fingerprint density at radius 3 is 2.65 bits per heavy atom. The van der Waals surface area contributed by atoms with Crippen LogP contribution in [0.5, 0.6) is 0 Å². The number of rotatable bonds is 9. The summed E-state index contributed by atoms with van der Waals surface area (Å²) in [7, 11) is 0. The first-order valence-electron chi connectivity index (χ1n) is 10.5. The zero-order chi connectivity index (χ0) is 17.9. The number of amides is 1. The number of para-hydroxylation sites is 2. The molecule has 1 saturated carbocycles. The molecule has 1 amide bonds. The van der Waals surface area contributed by atoms with Crippen LogP contribution in [0.15, 0.2) is 24.3 Å². The van der Waals surface area contributed by atoms with E-state index in [1.165, 1.54) is 56.9 Å². The van der Waals surface area contributed by atoms with Crippen molar-refractivity contribution < 1.29 is 4.79 Å². The summed E-state index contributed by atoms with van der Waals surface area (Å²) in [6.07, 6.45) is 10.8. The molecule has 2 heterocycles. The number of hydrogen-bond donors (Lipinski definition) is 0. The molecule has 2 aromatic rings. The predicted octanol–water partition coefficient (Wildman–Crippen LogP) is 4.88. The van der Waals surface area contributed by atoms with Gasteiger partial charge in [0.15, 0.2) is 0 Å². The smallest absolute Gasteiger partial charge is 0.223 e. The van der Waals surface area contributed by atoms with Crippen molar-refractivity contribution in [3.63, 3.8) is 0 Å². The van der Waals surface area contributed by atoms with E-state index >= 15 is 0 Å². The van der Waals surface area contributed by atoms with E-state index in [1.54, 1.807) is 0 Å². The second-order valence-corrected chi connectivity index (χ2v) is 8.06. The lowest BCUT2D eigenvalue weighted by molar-refractivity contribution is -0.128. The molecule has 1 saturated heterocycles. The topological polar surface area (TPSA) is 38.1 Å². The maximum Gasteiger partial charge on any atom is 0.223 e. The number of hydrogen-bond acceptors (Lipinski definition) is 2. The van der Waals surface area contributed by atoms with Gasteiger partial charge in [-0.05, 0) is 31.4 Å². The van der Waals surface area contributed by atoms with E-state index in [0.717, 1.165) is 24.4 Å². The number of benzene rings is 1. The molecule has 0 N–H and O–H groups in total. The van der Waals surface area contributed by atoms with Crippen LogP contribution in [0.1, 0.15) is 76.5 Å². The number of fused-ring (bicyclic) bond motifs is 1. The molecule has 2 fully saturated rings. The highest BCUT2D eigenvalue weighted by atomic mass is 16.2. The number of imidazole rings is 1. The Hall–Kier alpha value is -1.84. The Balaban J connectivity index is 1.49. The van der Waals surface area contributed by atoms with Crippen LogP contribution >= 0.6 is 0 Å². The minimum Gasteiger partial charge on any atom is -0.339 e. The Labute approximate surface area is 156 Å². The molecule has 1 aliphatic carbocycles. The van der Waals surface area contributed by atoms with Crippen LogP contribution in [0.2, 0.25) is 0 Å². The van der Waals surface area contributed by atoms with E-state index in [1.807, 2.05) is 0 Å². The van der Waals surface area contributed by atoms with Crippen molar-refractivity contribution in [2.24, 2.45) is 0 Å². The van der Waals surface area contributed by atoms with Crippen LogP contribution in [-0.2, 0) is 11.3 Å². The summed E-state index contributed by atoms with van der Waals surface area (Å²) in [6.45, 7) is 4.15. The van der Waals surface area contributed by atoms with Crippen LogP contribution in [0.4, 0.5) is 0 Å². The fourth-order valence-corrected chi connectivity index (χ4v) is 4.33. The molecule has 4 rings (SSSR count). The number of carbonyl (C=O) groups excluding carboxylic acids is 1. The van der Waals surface area contributed by atoms with Crippen molar-refractivity contribution in [1.29, 1.82) is 0 Å². The van der Waals surface area contributed by atoms with Gasteiger partial charge >= 0.3 is 0 Å². The first kappa shape index (κ1) is 17.6. The zero-order valence-electron chi connectivity index (χ0n) is 16.0. The fraction of sp³-hybridized carbons (Fsp3) is 0.636. The van der Waals surface area contributed by atoms with Gasteiger partial charge in [0.05, 0.1) is 11.0 Å². The fourth-order valence-electron chi connectivity index (χ4n) is 4.33. The van der Waals surface area contributed by atoms with Gasteiger partial charge in [0, 0.05) is 31.5 Å². The molecule has 1 aromatic heterocycles. The van der Waals surface area contributed by atoms with E-state index in [-0.39, 0.29) is 5.92 Å². The molecule has 1 unspecified atom stereocenters. The normalized spacial score (nSPS) is 20.4. The molecular weight excluding hydrogens is 322 g/mol. The number of aryl methyl sites for hydroxylation is 1. The van der Waals surface area contributed by atoms with Gasteiger partial charge in [0.25, 0.3) is 0 Å². The molecule has 4 nitrogen and oxygen atoms in total. The molecular formula is C22H31N3O. The van der Waals surface area contributed by atoms with Gasteiger partial charge in [0.1, 0.15) is 5.82 Å². The molecule has 2 aliphatic rings. The van der Waals surface area contributed by atoms with Gasteiger partial charge < -0.3 is 9.47 Å². The van der Waals surface area contributed by atoms with Crippen LogP contribution in [0, 0.1) is 0 Å². The zero-order valence-corrected chi connectivity index (χ0v) is 16.0. The summed E-state index contributed by atoms with van der Waals surface area (Å²) in [5, 5.41) is 0. The number of aromatic nitrogens is 2. The van der Waals surface area contributed by atoms with E-state index in [0.29, 0.717) is 18.4 Å². The van der Waals surface area contributed by atoms with Crippen molar-refractivity contribution in [3.05, 3.63) is 30.1 Å². The molecule has 0 bridgehead atoms. The van der Waals surface area contributed by atoms with Crippen LogP contribution < -0.4 is 0 Å². The second-order valence-electron chi connectivity index (χ2n) is 8.06. The lowest BCUT2D eigenvalue weighted by Crippen LogP contribution is -2.27. The van der Waals surface area contributed by atoms with Crippen LogP contribution in [0.3, 0.4) is 0 Å². The number of nitrogens with zero attached hydrogens (tertiary/aromatic N) is 3. The van der Waals surface area contributed by atoms with Crippen molar-refractivity contribution in [2.75, 3.05) is 6.54 Å². The lowest BCUT2D eigenvalue weighted by Gasteiger charge is -2.16. The van der Waals surface area contributed by atoms with Crippen LogP contribution in [-0.4, -0.2) is 32.9 Å². The van der Waals surface area contributed by atoms with Gasteiger partial charge in [0.2, 0.25) is 5.91 Å². The second kappa shape index (κ2) is 7.81. The number of likely N-dealkylation sites (tertiary alicyclic amines) is 1. The Bertz CT molecular complexity index is 762. The monoisotopic (exact) mass is 353 g/mol. The van der Waals surface area contributed by atoms with Gasteiger partial charge in [-0.25, -0.2) is 4.98 Å². The quantitative estimate of drug-likeness (QED) is 0.603. The highest BCUT2D eigenvalue weighted by molar-refractivity contribution is 5.81. The highest BCUT2D eigenvalue weighted by Crippen LogP contribution is 2.37. The molecule has 1 atom stereocenters. The van der Waals surface area contributed by atoms with Crippen molar-refractivity contribution in [1.82, 2.24) is 14.5 Å². The number of unbranched alkanes of at least 4 members (excludes halogenated alkanes) is 5. The Morgan fingerprint density at radius 2 is 1.85 bits per heavy atom. The van der Waals surface area contributed by atoms with E-state index in [4.69, 9.17) is 4.98 Å².